The Balaban J connectivity index is 2.25. The molecule has 1 aromatic rings. The van der Waals surface area contributed by atoms with Crippen LogP contribution >= 0.6 is 11.6 Å². The molecule has 1 aromatic heterocycles. The molecule has 0 aromatic carbocycles. The summed E-state index contributed by atoms with van der Waals surface area (Å²) < 4.78 is 10.2. The maximum absolute atomic E-state index is 11.9. The summed E-state index contributed by atoms with van der Waals surface area (Å²) in [5.74, 6) is -0.369. The van der Waals surface area contributed by atoms with Gasteiger partial charge in [-0.15, -0.1) is 0 Å². The fourth-order valence-electron chi connectivity index (χ4n) is 2.40. The number of carbonyl (C=O) groups is 1. The Labute approximate surface area is 128 Å². The SMILES string of the molecule is COC(=O)C1(OC)CC=C(c2ccc(C#N)c(Cl)n2)CC1. The van der Waals surface area contributed by atoms with Crippen molar-refractivity contribution >= 4 is 23.1 Å². The Morgan fingerprint density at radius 2 is 2.24 bits per heavy atom. The third-order valence-electron chi connectivity index (χ3n) is 3.72. The van der Waals surface area contributed by atoms with Crippen molar-refractivity contribution in [3.05, 3.63) is 34.6 Å². The number of nitriles is 1. The monoisotopic (exact) mass is 306 g/mol. The van der Waals surface area contributed by atoms with Crippen molar-refractivity contribution in [1.29, 1.82) is 5.26 Å². The number of aromatic nitrogens is 1. The van der Waals surface area contributed by atoms with Gasteiger partial charge in [-0.3, -0.25) is 0 Å². The highest BCUT2D eigenvalue weighted by molar-refractivity contribution is 6.30. The average Bonchev–Trinajstić information content (AvgIpc) is 2.54. The number of pyridine rings is 1. The lowest BCUT2D eigenvalue weighted by atomic mass is 9.84. The lowest BCUT2D eigenvalue weighted by Gasteiger charge is -2.32. The van der Waals surface area contributed by atoms with Crippen LogP contribution in [0.2, 0.25) is 5.15 Å². The standard InChI is InChI=1S/C15H15ClN2O3/c1-20-14(19)15(21-2)7-5-10(6-8-15)12-4-3-11(9-17)13(16)18-12/h3-5H,6-8H2,1-2H3. The lowest BCUT2D eigenvalue weighted by molar-refractivity contribution is -0.166. The number of methoxy groups -OCH3 is 2. The normalized spacial score (nSPS) is 21.3. The number of esters is 1. The molecule has 0 radical (unpaired) electrons. The van der Waals surface area contributed by atoms with Gasteiger partial charge in [-0.25, -0.2) is 9.78 Å². The molecule has 2 rings (SSSR count). The Hall–Kier alpha value is -1.90. The molecular weight excluding hydrogens is 292 g/mol. The first-order valence-corrected chi connectivity index (χ1v) is 6.83. The summed E-state index contributed by atoms with van der Waals surface area (Å²) >= 11 is 5.95. The topological polar surface area (TPSA) is 72.2 Å². The van der Waals surface area contributed by atoms with Gasteiger partial charge < -0.3 is 9.47 Å². The minimum atomic E-state index is -0.922. The summed E-state index contributed by atoms with van der Waals surface area (Å²) in [4.78, 5) is 16.1. The molecule has 1 heterocycles. The van der Waals surface area contributed by atoms with Crippen molar-refractivity contribution in [1.82, 2.24) is 4.98 Å². The second-order valence-corrected chi connectivity index (χ2v) is 5.13. The number of ether oxygens (including phenoxy) is 2. The van der Waals surface area contributed by atoms with Crippen LogP contribution in [0.5, 0.6) is 0 Å². The molecular formula is C15H15ClN2O3. The molecule has 0 saturated carbocycles. The predicted molar refractivity (Wildman–Crippen MR) is 77.5 cm³/mol. The maximum Gasteiger partial charge on any atom is 0.338 e. The molecule has 21 heavy (non-hydrogen) atoms. The van der Waals surface area contributed by atoms with Gasteiger partial charge in [0.05, 0.1) is 18.4 Å². The van der Waals surface area contributed by atoms with E-state index in [1.54, 1.807) is 12.1 Å². The number of hydrogen-bond acceptors (Lipinski definition) is 5. The number of halogens is 1. The van der Waals surface area contributed by atoms with E-state index in [0.717, 1.165) is 5.57 Å². The molecule has 1 aliphatic rings. The van der Waals surface area contributed by atoms with E-state index in [1.165, 1.54) is 14.2 Å². The second kappa shape index (κ2) is 6.25. The molecule has 0 aliphatic heterocycles. The van der Waals surface area contributed by atoms with E-state index >= 15 is 0 Å². The lowest BCUT2D eigenvalue weighted by Crippen LogP contribution is -2.42. The van der Waals surface area contributed by atoms with Gasteiger partial charge in [0.25, 0.3) is 0 Å². The Morgan fingerprint density at radius 1 is 1.48 bits per heavy atom. The number of nitrogens with zero attached hydrogens (tertiary/aromatic N) is 2. The zero-order chi connectivity index (χ0) is 15.5. The van der Waals surface area contributed by atoms with Crippen LogP contribution in [0.15, 0.2) is 18.2 Å². The van der Waals surface area contributed by atoms with Gasteiger partial charge in [0.2, 0.25) is 0 Å². The van der Waals surface area contributed by atoms with Crippen molar-refractivity contribution < 1.29 is 14.3 Å². The maximum atomic E-state index is 11.9. The van der Waals surface area contributed by atoms with E-state index in [0.29, 0.717) is 30.5 Å². The highest BCUT2D eigenvalue weighted by atomic mass is 35.5. The molecule has 0 bridgehead atoms. The van der Waals surface area contributed by atoms with Crippen LogP contribution in [0.3, 0.4) is 0 Å². The third-order valence-corrected chi connectivity index (χ3v) is 4.01. The number of allylic oxidation sites excluding steroid dienone is 1. The van der Waals surface area contributed by atoms with Crippen LogP contribution in [0.4, 0.5) is 0 Å². The molecule has 110 valence electrons. The van der Waals surface area contributed by atoms with Gasteiger partial charge in [0.1, 0.15) is 11.2 Å². The summed E-state index contributed by atoms with van der Waals surface area (Å²) in [5.41, 5.74) is 1.12. The van der Waals surface area contributed by atoms with Crippen LogP contribution in [-0.2, 0) is 14.3 Å². The number of carbonyl (C=O) groups excluding carboxylic acids is 1. The largest absolute Gasteiger partial charge is 0.467 e. The highest BCUT2D eigenvalue weighted by Crippen LogP contribution is 2.35. The van der Waals surface area contributed by atoms with E-state index in [1.807, 2.05) is 12.1 Å². The van der Waals surface area contributed by atoms with Crippen LogP contribution in [0.25, 0.3) is 5.57 Å². The van der Waals surface area contributed by atoms with Crippen molar-refractivity contribution in [2.45, 2.75) is 24.9 Å². The van der Waals surface area contributed by atoms with Crippen LogP contribution < -0.4 is 0 Å². The fraction of sp³-hybridized carbons (Fsp3) is 0.400. The van der Waals surface area contributed by atoms with Crippen molar-refractivity contribution in [3.63, 3.8) is 0 Å². The van der Waals surface area contributed by atoms with Gasteiger partial charge in [-0.1, -0.05) is 17.7 Å². The fourth-order valence-corrected chi connectivity index (χ4v) is 2.59. The summed E-state index contributed by atoms with van der Waals surface area (Å²) in [6, 6.07) is 5.38. The van der Waals surface area contributed by atoms with Crippen molar-refractivity contribution in [3.8, 4) is 6.07 Å². The van der Waals surface area contributed by atoms with Gasteiger partial charge in [0, 0.05) is 13.5 Å². The first kappa shape index (κ1) is 15.5. The summed E-state index contributed by atoms with van der Waals surface area (Å²) in [5, 5.41) is 9.04. The first-order valence-electron chi connectivity index (χ1n) is 6.46. The third kappa shape index (κ3) is 2.92. The summed E-state index contributed by atoms with van der Waals surface area (Å²) in [6.45, 7) is 0. The van der Waals surface area contributed by atoms with Gasteiger partial charge in [-0.2, -0.15) is 5.26 Å². The summed E-state index contributed by atoms with van der Waals surface area (Å²) in [6.07, 6.45) is 3.47. The Kier molecular flexibility index (Phi) is 4.61. The number of rotatable bonds is 3. The average molecular weight is 307 g/mol. The molecule has 0 spiro atoms. The zero-order valence-corrected chi connectivity index (χ0v) is 12.6. The molecule has 6 heteroatoms. The molecule has 0 saturated heterocycles. The molecule has 5 nitrogen and oxygen atoms in total. The van der Waals surface area contributed by atoms with E-state index < -0.39 is 5.60 Å². The molecule has 1 aliphatic carbocycles. The van der Waals surface area contributed by atoms with E-state index in [9.17, 15) is 4.79 Å². The van der Waals surface area contributed by atoms with Crippen LogP contribution in [0.1, 0.15) is 30.5 Å². The molecule has 0 N–H and O–H groups in total. The number of hydrogen-bond donors (Lipinski definition) is 0. The first-order chi connectivity index (χ1) is 10.1. The molecule has 0 fully saturated rings. The Morgan fingerprint density at radius 3 is 2.71 bits per heavy atom. The molecule has 1 atom stereocenters. The predicted octanol–water partition coefficient (Wildman–Crippen LogP) is 2.73. The van der Waals surface area contributed by atoms with Gasteiger partial charge in [0.15, 0.2) is 5.60 Å². The van der Waals surface area contributed by atoms with Crippen LogP contribution in [0, 0.1) is 11.3 Å². The smallest absolute Gasteiger partial charge is 0.338 e. The quantitative estimate of drug-likeness (QED) is 0.634. The molecule has 0 amide bonds. The van der Waals surface area contributed by atoms with Gasteiger partial charge in [-0.05, 0) is 30.5 Å². The molecule has 1 unspecified atom stereocenters. The minimum Gasteiger partial charge on any atom is -0.467 e. The highest BCUT2D eigenvalue weighted by Gasteiger charge is 2.41. The second-order valence-electron chi connectivity index (χ2n) is 4.77. The van der Waals surface area contributed by atoms with E-state index in [-0.39, 0.29) is 11.1 Å². The Bertz CT molecular complexity index is 636. The van der Waals surface area contributed by atoms with Crippen molar-refractivity contribution in [2.24, 2.45) is 0 Å². The van der Waals surface area contributed by atoms with E-state index in [4.69, 9.17) is 26.3 Å². The van der Waals surface area contributed by atoms with Crippen molar-refractivity contribution in [2.75, 3.05) is 14.2 Å². The zero-order valence-electron chi connectivity index (χ0n) is 11.9. The van der Waals surface area contributed by atoms with Crippen LogP contribution in [-0.4, -0.2) is 30.8 Å². The summed E-state index contributed by atoms with van der Waals surface area (Å²) in [7, 11) is 2.86. The van der Waals surface area contributed by atoms with Gasteiger partial charge >= 0.3 is 5.97 Å². The van der Waals surface area contributed by atoms with E-state index in [2.05, 4.69) is 4.98 Å². The minimum absolute atomic E-state index is 0.187.